The molecule has 0 aliphatic carbocycles. The fraction of sp³-hybridized carbons (Fsp3) is 0.222. The molecule has 0 amide bonds. The average molecular weight is 276 g/mol. The molecule has 0 heterocycles. The Morgan fingerprint density at radius 1 is 1.50 bits per heavy atom. The standard InChI is InChI=1S/C9H9IO2/c1-6-5-8(12-7(2)11)3-4-9(6)10/h3-5H,1-2H3. The molecule has 0 bridgehead atoms. The van der Waals surface area contributed by atoms with Gasteiger partial charge in [0.05, 0.1) is 0 Å². The highest BCUT2D eigenvalue weighted by atomic mass is 127. The number of benzene rings is 1. The van der Waals surface area contributed by atoms with Gasteiger partial charge in [-0.25, -0.2) is 0 Å². The molecule has 0 aliphatic rings. The van der Waals surface area contributed by atoms with E-state index in [0.717, 1.165) is 5.56 Å². The highest BCUT2D eigenvalue weighted by Crippen LogP contribution is 2.18. The summed E-state index contributed by atoms with van der Waals surface area (Å²) in [5.74, 6) is 0.330. The predicted octanol–water partition coefficient (Wildman–Crippen LogP) is 2.52. The molecule has 0 saturated heterocycles. The number of carbonyl (C=O) groups is 1. The van der Waals surface area contributed by atoms with Crippen molar-refractivity contribution in [1.29, 1.82) is 0 Å². The number of carbonyl (C=O) groups excluding carboxylic acids is 1. The number of halogens is 1. The van der Waals surface area contributed by atoms with E-state index in [9.17, 15) is 4.79 Å². The molecule has 0 fully saturated rings. The molecule has 0 radical (unpaired) electrons. The summed E-state index contributed by atoms with van der Waals surface area (Å²) >= 11 is 2.23. The molecule has 3 heteroatoms. The Bertz CT molecular complexity index is 307. The van der Waals surface area contributed by atoms with Crippen molar-refractivity contribution in [3.8, 4) is 5.75 Å². The van der Waals surface area contributed by atoms with Gasteiger partial charge in [-0.2, -0.15) is 0 Å². The molecule has 0 atom stereocenters. The molecule has 2 nitrogen and oxygen atoms in total. The monoisotopic (exact) mass is 276 g/mol. The first-order valence-corrected chi connectivity index (χ1v) is 4.62. The third-order valence-electron chi connectivity index (χ3n) is 1.39. The molecule has 0 spiro atoms. The normalized spacial score (nSPS) is 9.58. The van der Waals surface area contributed by atoms with Crippen LogP contribution in [0.4, 0.5) is 0 Å². The minimum absolute atomic E-state index is 0.282. The van der Waals surface area contributed by atoms with Gasteiger partial charge in [0.25, 0.3) is 0 Å². The van der Waals surface area contributed by atoms with Crippen LogP contribution in [0.15, 0.2) is 18.2 Å². The fourth-order valence-electron chi connectivity index (χ4n) is 0.847. The van der Waals surface area contributed by atoms with Gasteiger partial charge in [-0.1, -0.05) is 0 Å². The number of hydrogen-bond acceptors (Lipinski definition) is 2. The van der Waals surface area contributed by atoms with Crippen LogP contribution in [0.5, 0.6) is 5.75 Å². The zero-order valence-corrected chi connectivity index (χ0v) is 9.08. The summed E-state index contributed by atoms with van der Waals surface area (Å²) in [4.78, 5) is 10.6. The van der Waals surface area contributed by atoms with Crippen molar-refractivity contribution in [2.75, 3.05) is 0 Å². The van der Waals surface area contributed by atoms with E-state index in [2.05, 4.69) is 22.6 Å². The molecular weight excluding hydrogens is 267 g/mol. The van der Waals surface area contributed by atoms with Crippen molar-refractivity contribution >= 4 is 28.6 Å². The van der Waals surface area contributed by atoms with Gasteiger partial charge >= 0.3 is 5.97 Å². The lowest BCUT2D eigenvalue weighted by atomic mass is 10.2. The summed E-state index contributed by atoms with van der Waals surface area (Å²) in [6.07, 6.45) is 0. The van der Waals surface area contributed by atoms with Gasteiger partial charge in [-0.3, -0.25) is 4.79 Å². The van der Waals surface area contributed by atoms with Crippen LogP contribution in [0.3, 0.4) is 0 Å². The van der Waals surface area contributed by atoms with E-state index in [4.69, 9.17) is 4.74 Å². The van der Waals surface area contributed by atoms with Crippen LogP contribution in [0.2, 0.25) is 0 Å². The number of aryl methyl sites for hydroxylation is 1. The largest absolute Gasteiger partial charge is 0.427 e. The highest BCUT2D eigenvalue weighted by Gasteiger charge is 1.99. The van der Waals surface area contributed by atoms with Crippen molar-refractivity contribution < 1.29 is 9.53 Å². The van der Waals surface area contributed by atoms with Crippen molar-refractivity contribution in [2.24, 2.45) is 0 Å². The van der Waals surface area contributed by atoms with Gasteiger partial charge in [-0.15, -0.1) is 0 Å². The third kappa shape index (κ3) is 2.48. The molecule has 12 heavy (non-hydrogen) atoms. The highest BCUT2D eigenvalue weighted by molar-refractivity contribution is 14.1. The Kier molecular flexibility index (Phi) is 3.08. The molecule has 0 saturated carbocycles. The van der Waals surface area contributed by atoms with Crippen LogP contribution < -0.4 is 4.74 Å². The zero-order valence-electron chi connectivity index (χ0n) is 6.93. The number of hydrogen-bond donors (Lipinski definition) is 0. The Labute approximate surface area is 85.1 Å². The second-order valence-electron chi connectivity index (χ2n) is 2.50. The molecule has 1 rings (SSSR count). The minimum Gasteiger partial charge on any atom is -0.427 e. The minimum atomic E-state index is -0.282. The average Bonchev–Trinajstić information content (AvgIpc) is 1.96. The van der Waals surface area contributed by atoms with Gasteiger partial charge in [0.1, 0.15) is 5.75 Å². The van der Waals surface area contributed by atoms with E-state index >= 15 is 0 Å². The first-order chi connectivity index (χ1) is 5.59. The molecule has 1 aromatic rings. The van der Waals surface area contributed by atoms with Crippen LogP contribution >= 0.6 is 22.6 Å². The lowest BCUT2D eigenvalue weighted by Gasteiger charge is -2.02. The number of esters is 1. The first kappa shape index (κ1) is 9.51. The van der Waals surface area contributed by atoms with Crippen molar-refractivity contribution in [3.63, 3.8) is 0 Å². The van der Waals surface area contributed by atoms with E-state index in [1.165, 1.54) is 10.5 Å². The maximum Gasteiger partial charge on any atom is 0.308 e. The van der Waals surface area contributed by atoms with Gasteiger partial charge in [-0.05, 0) is 53.3 Å². The Morgan fingerprint density at radius 2 is 2.17 bits per heavy atom. The first-order valence-electron chi connectivity index (χ1n) is 3.54. The molecule has 64 valence electrons. The van der Waals surface area contributed by atoms with Gasteiger partial charge < -0.3 is 4.74 Å². The summed E-state index contributed by atoms with van der Waals surface area (Å²) in [6.45, 7) is 3.38. The van der Waals surface area contributed by atoms with Gasteiger partial charge in [0, 0.05) is 10.5 Å². The Balaban J connectivity index is 2.89. The lowest BCUT2D eigenvalue weighted by Crippen LogP contribution is -2.01. The van der Waals surface area contributed by atoms with Crippen LogP contribution in [0, 0.1) is 10.5 Å². The predicted molar refractivity (Wildman–Crippen MR) is 55.2 cm³/mol. The fourth-order valence-corrected chi connectivity index (χ4v) is 1.18. The van der Waals surface area contributed by atoms with E-state index in [0.29, 0.717) is 5.75 Å². The van der Waals surface area contributed by atoms with Crippen molar-refractivity contribution in [2.45, 2.75) is 13.8 Å². The smallest absolute Gasteiger partial charge is 0.308 e. The molecule has 0 aromatic heterocycles. The summed E-state index contributed by atoms with van der Waals surface area (Å²) in [5, 5.41) is 0. The van der Waals surface area contributed by atoms with Crippen LogP contribution in [-0.2, 0) is 4.79 Å². The summed E-state index contributed by atoms with van der Waals surface area (Å²) in [6, 6.07) is 5.56. The quantitative estimate of drug-likeness (QED) is 0.447. The SMILES string of the molecule is CC(=O)Oc1ccc(I)c(C)c1. The molecule has 0 aliphatic heterocycles. The molecular formula is C9H9IO2. The van der Waals surface area contributed by atoms with E-state index < -0.39 is 0 Å². The van der Waals surface area contributed by atoms with Gasteiger partial charge in [0.2, 0.25) is 0 Å². The van der Waals surface area contributed by atoms with Crippen molar-refractivity contribution in [1.82, 2.24) is 0 Å². The second-order valence-corrected chi connectivity index (χ2v) is 3.67. The topological polar surface area (TPSA) is 26.3 Å². The molecule has 0 N–H and O–H groups in total. The zero-order chi connectivity index (χ0) is 9.14. The van der Waals surface area contributed by atoms with E-state index in [-0.39, 0.29) is 5.97 Å². The van der Waals surface area contributed by atoms with E-state index in [1.807, 2.05) is 19.1 Å². The second kappa shape index (κ2) is 3.89. The third-order valence-corrected chi connectivity index (χ3v) is 2.60. The molecule has 1 aromatic carbocycles. The van der Waals surface area contributed by atoms with Crippen LogP contribution in [0.1, 0.15) is 12.5 Å². The maximum absolute atomic E-state index is 10.6. The summed E-state index contributed by atoms with van der Waals surface area (Å²) in [5.41, 5.74) is 1.12. The Hall–Kier alpha value is -0.580. The maximum atomic E-state index is 10.6. The van der Waals surface area contributed by atoms with Crippen LogP contribution in [0.25, 0.3) is 0 Å². The van der Waals surface area contributed by atoms with E-state index in [1.54, 1.807) is 6.07 Å². The molecule has 0 unspecified atom stereocenters. The summed E-state index contributed by atoms with van der Waals surface area (Å²) < 4.78 is 6.08. The van der Waals surface area contributed by atoms with Crippen molar-refractivity contribution in [3.05, 3.63) is 27.3 Å². The number of ether oxygens (including phenoxy) is 1. The Morgan fingerprint density at radius 3 is 2.67 bits per heavy atom. The summed E-state index contributed by atoms with van der Waals surface area (Å²) in [7, 11) is 0. The number of rotatable bonds is 1. The lowest BCUT2D eigenvalue weighted by molar-refractivity contribution is -0.131. The van der Waals surface area contributed by atoms with Crippen LogP contribution in [-0.4, -0.2) is 5.97 Å². The van der Waals surface area contributed by atoms with Gasteiger partial charge in [0.15, 0.2) is 0 Å².